The molecule has 0 atom stereocenters. The molecule has 0 aliphatic carbocycles. The minimum Gasteiger partial charge on any atom is -0.481 e. The van der Waals surface area contributed by atoms with E-state index in [0.29, 0.717) is 6.42 Å². The van der Waals surface area contributed by atoms with E-state index in [1.54, 1.807) is 6.08 Å². The topological polar surface area (TPSA) is 74.6 Å². The van der Waals surface area contributed by atoms with Gasteiger partial charge in [0.15, 0.2) is 0 Å². The first-order valence-corrected chi connectivity index (χ1v) is 11.9. The van der Waals surface area contributed by atoms with Gasteiger partial charge in [0, 0.05) is 12.5 Å². The van der Waals surface area contributed by atoms with E-state index in [-0.39, 0.29) is 0 Å². The van der Waals surface area contributed by atoms with E-state index in [1.165, 1.54) is 38.2 Å². The molecule has 0 heterocycles. The van der Waals surface area contributed by atoms with Crippen molar-refractivity contribution in [3.63, 3.8) is 0 Å². The molecule has 4 heteroatoms. The molecule has 0 aromatic heterocycles. The maximum Gasteiger partial charge on any atom is 0.328 e. The largest absolute Gasteiger partial charge is 0.481 e. The van der Waals surface area contributed by atoms with Crippen molar-refractivity contribution in [1.82, 2.24) is 0 Å². The molecule has 0 spiro atoms. The molecule has 0 amide bonds. The lowest BCUT2D eigenvalue weighted by Gasteiger charge is -1.97. The Hall–Kier alpha value is -3.14. The number of unbranched alkanes of at least 4 members (excludes halogenated alkanes) is 7. The summed E-state index contributed by atoms with van der Waals surface area (Å²) in [5.41, 5.74) is 1.05. The fourth-order valence-corrected chi connectivity index (χ4v) is 2.74. The molecule has 33 heavy (non-hydrogen) atoms. The van der Waals surface area contributed by atoms with Crippen LogP contribution in [-0.2, 0) is 9.59 Å². The normalized spacial score (nSPS) is 11.7. The summed E-state index contributed by atoms with van der Waals surface area (Å²) in [6, 6.07) is 9.70. The number of hydrogen-bond donors (Lipinski definition) is 2. The first-order valence-electron chi connectivity index (χ1n) is 11.9. The minimum absolute atomic E-state index is 0.316. The highest BCUT2D eigenvalue weighted by molar-refractivity contribution is 5.80. The minimum atomic E-state index is -0.933. The average Bonchev–Trinajstić information content (AvgIpc) is 2.80. The van der Waals surface area contributed by atoms with Gasteiger partial charge in [-0.15, -0.1) is 0 Å². The van der Waals surface area contributed by atoms with Crippen molar-refractivity contribution in [1.29, 1.82) is 0 Å². The summed E-state index contributed by atoms with van der Waals surface area (Å²) in [5, 5.41) is 16.8. The fourth-order valence-electron chi connectivity index (χ4n) is 2.74. The van der Waals surface area contributed by atoms with Gasteiger partial charge in [-0.2, -0.15) is 0 Å². The summed E-state index contributed by atoms with van der Waals surface area (Å²) in [7, 11) is 0. The van der Waals surface area contributed by atoms with Gasteiger partial charge in [-0.25, -0.2) is 4.79 Å². The number of aliphatic carboxylic acids is 2. The maximum atomic E-state index is 10.3. The monoisotopic (exact) mass is 452 g/mol. The lowest BCUT2D eigenvalue weighted by atomic mass is 10.1. The molecular formula is C29H40O4. The van der Waals surface area contributed by atoms with E-state index in [9.17, 15) is 9.59 Å². The molecule has 1 aromatic carbocycles. The summed E-state index contributed by atoms with van der Waals surface area (Å²) in [5.74, 6) is -1.61. The van der Waals surface area contributed by atoms with Crippen molar-refractivity contribution in [3.8, 4) is 0 Å². The Labute approximate surface area is 199 Å². The van der Waals surface area contributed by atoms with Crippen LogP contribution in [0.2, 0.25) is 0 Å². The van der Waals surface area contributed by atoms with E-state index in [4.69, 9.17) is 10.2 Å². The molecule has 0 fully saturated rings. The molecule has 1 rings (SSSR count). The van der Waals surface area contributed by atoms with Crippen molar-refractivity contribution in [2.24, 2.45) is 0 Å². The van der Waals surface area contributed by atoms with Gasteiger partial charge in [-0.1, -0.05) is 124 Å². The second kappa shape index (κ2) is 23.5. The summed E-state index contributed by atoms with van der Waals surface area (Å²) < 4.78 is 0. The molecule has 0 radical (unpaired) electrons. The molecule has 0 saturated heterocycles. The summed E-state index contributed by atoms with van der Waals surface area (Å²) in [6.45, 7) is 2.21. The third kappa shape index (κ3) is 25.0. The number of allylic oxidation sites excluding steroid dienone is 8. The Kier molecular flexibility index (Phi) is 21.3. The van der Waals surface area contributed by atoms with Crippen molar-refractivity contribution >= 4 is 18.0 Å². The first-order chi connectivity index (χ1) is 16.1. The van der Waals surface area contributed by atoms with Gasteiger partial charge in [0.2, 0.25) is 0 Å². The van der Waals surface area contributed by atoms with Crippen LogP contribution in [0.25, 0.3) is 6.08 Å². The van der Waals surface area contributed by atoms with E-state index >= 15 is 0 Å². The van der Waals surface area contributed by atoms with Crippen LogP contribution < -0.4 is 0 Å². The average molecular weight is 453 g/mol. The molecule has 0 bridgehead atoms. The van der Waals surface area contributed by atoms with Crippen LogP contribution in [0.4, 0.5) is 0 Å². The second-order valence-corrected chi connectivity index (χ2v) is 7.55. The molecule has 2 N–H and O–H groups in total. The summed E-state index contributed by atoms with van der Waals surface area (Å²) >= 11 is 0. The zero-order chi connectivity index (χ0) is 24.4. The number of rotatable bonds is 16. The van der Waals surface area contributed by atoms with Crippen molar-refractivity contribution < 1.29 is 19.8 Å². The quantitative estimate of drug-likeness (QED) is 0.151. The van der Waals surface area contributed by atoms with Gasteiger partial charge in [0.05, 0.1) is 0 Å². The molecule has 180 valence electrons. The van der Waals surface area contributed by atoms with Gasteiger partial charge in [-0.3, -0.25) is 4.79 Å². The highest BCUT2D eigenvalue weighted by Crippen LogP contribution is 2.07. The highest BCUT2D eigenvalue weighted by Gasteiger charge is 1.95. The zero-order valence-corrected chi connectivity index (χ0v) is 19.9. The smallest absolute Gasteiger partial charge is 0.328 e. The molecule has 0 aliphatic rings. The van der Waals surface area contributed by atoms with Crippen LogP contribution >= 0.6 is 0 Å². The summed E-state index contributed by atoms with van der Waals surface area (Å²) in [6.07, 6.45) is 29.5. The Morgan fingerprint density at radius 2 is 1.33 bits per heavy atom. The van der Waals surface area contributed by atoms with Crippen LogP contribution in [0.1, 0.15) is 76.7 Å². The van der Waals surface area contributed by atoms with Gasteiger partial charge < -0.3 is 10.2 Å². The van der Waals surface area contributed by atoms with Crippen LogP contribution in [0.5, 0.6) is 0 Å². The standard InChI is InChI=1S/C18H30O2.C11H10O2/c1-2-3-4-5-6-7-8-9-10-11-12-13-14-15-16-17-18(19)20;12-11(13)9-5-4-8-10-6-2-1-3-7-10/h5-10H,2-4,11-17H2,1H3,(H,19,20);1-9H,(H,12,13)/b6-5+,8-7+,10-9-;. The lowest BCUT2D eigenvalue weighted by Crippen LogP contribution is -1.93. The number of carboxylic acid groups (broad SMARTS) is 2. The van der Waals surface area contributed by atoms with Crippen LogP contribution in [-0.4, -0.2) is 22.2 Å². The van der Waals surface area contributed by atoms with Gasteiger partial charge in [0.1, 0.15) is 0 Å². The SMILES string of the molecule is CCCC/C=C/C=C/C=C\CCCCCCCC(=O)O.O=C(O)C=CC=Cc1ccccc1. The van der Waals surface area contributed by atoms with Gasteiger partial charge >= 0.3 is 11.9 Å². The Morgan fingerprint density at radius 3 is 1.94 bits per heavy atom. The Morgan fingerprint density at radius 1 is 0.727 bits per heavy atom. The van der Waals surface area contributed by atoms with Crippen molar-refractivity contribution in [2.45, 2.75) is 71.1 Å². The highest BCUT2D eigenvalue weighted by atomic mass is 16.4. The van der Waals surface area contributed by atoms with E-state index in [1.807, 2.05) is 36.4 Å². The molecule has 0 saturated carbocycles. The van der Waals surface area contributed by atoms with Gasteiger partial charge in [-0.05, 0) is 31.2 Å². The van der Waals surface area contributed by atoms with Crippen molar-refractivity contribution in [2.75, 3.05) is 0 Å². The number of hydrogen-bond acceptors (Lipinski definition) is 2. The molecule has 1 aromatic rings. The van der Waals surface area contributed by atoms with Crippen LogP contribution in [0.3, 0.4) is 0 Å². The molecular weight excluding hydrogens is 412 g/mol. The number of carboxylic acids is 2. The van der Waals surface area contributed by atoms with E-state index in [2.05, 4.69) is 43.4 Å². The zero-order valence-electron chi connectivity index (χ0n) is 19.9. The Balaban J connectivity index is 0.000000676. The molecule has 0 unspecified atom stereocenters. The summed E-state index contributed by atoms with van der Waals surface area (Å²) in [4.78, 5) is 20.4. The second-order valence-electron chi connectivity index (χ2n) is 7.55. The van der Waals surface area contributed by atoms with Crippen molar-refractivity contribution in [3.05, 3.63) is 90.6 Å². The van der Waals surface area contributed by atoms with E-state index in [0.717, 1.165) is 37.3 Å². The predicted molar refractivity (Wildman–Crippen MR) is 139 cm³/mol. The molecule has 4 nitrogen and oxygen atoms in total. The maximum absolute atomic E-state index is 10.3. The number of carbonyl (C=O) groups is 2. The van der Waals surface area contributed by atoms with E-state index < -0.39 is 11.9 Å². The van der Waals surface area contributed by atoms with Crippen LogP contribution in [0.15, 0.2) is 85.0 Å². The van der Waals surface area contributed by atoms with Gasteiger partial charge in [0.25, 0.3) is 0 Å². The predicted octanol–water partition coefficient (Wildman–Crippen LogP) is 8.00. The molecule has 0 aliphatic heterocycles. The third-order valence-corrected chi connectivity index (χ3v) is 4.53. The Bertz CT molecular complexity index is 755. The lowest BCUT2D eigenvalue weighted by molar-refractivity contribution is -0.137. The van der Waals surface area contributed by atoms with Crippen LogP contribution in [0, 0.1) is 0 Å². The number of benzene rings is 1. The fraction of sp³-hybridized carbons (Fsp3) is 0.379. The third-order valence-electron chi connectivity index (χ3n) is 4.53. The first kappa shape index (κ1) is 29.9.